The van der Waals surface area contributed by atoms with Crippen molar-refractivity contribution >= 4 is 33.3 Å². The number of anilines is 2. The molecule has 3 N–H and O–H groups in total. The van der Waals surface area contributed by atoms with E-state index in [0.717, 1.165) is 42.0 Å². The van der Waals surface area contributed by atoms with Gasteiger partial charge in [-0.2, -0.15) is 4.98 Å². The molecule has 0 amide bonds. The van der Waals surface area contributed by atoms with Crippen LogP contribution in [-0.4, -0.2) is 36.3 Å². The summed E-state index contributed by atoms with van der Waals surface area (Å²) in [5.41, 5.74) is 2.52. The van der Waals surface area contributed by atoms with E-state index in [-0.39, 0.29) is 0 Å². The normalized spacial score (nSPS) is 18.9. The summed E-state index contributed by atoms with van der Waals surface area (Å²) in [6, 6.07) is 2.04. The van der Waals surface area contributed by atoms with Crippen LogP contribution in [0.5, 0.6) is 0 Å². The maximum absolute atomic E-state index is 5.67. The summed E-state index contributed by atoms with van der Waals surface area (Å²) in [5, 5.41) is 3.08. The molecular formula is C12H17N5OS. The molecule has 0 spiro atoms. The second kappa shape index (κ2) is 5.28. The van der Waals surface area contributed by atoms with Gasteiger partial charge in [0.1, 0.15) is 10.6 Å². The topological polar surface area (TPSA) is 76.3 Å². The number of nitrogen functional groups attached to an aromatic ring is 1. The molecule has 1 unspecified atom stereocenters. The van der Waals surface area contributed by atoms with Crippen LogP contribution in [0.1, 0.15) is 12.8 Å². The fourth-order valence-electron chi connectivity index (χ4n) is 2.38. The second-order valence-electron chi connectivity index (χ2n) is 4.67. The van der Waals surface area contributed by atoms with Gasteiger partial charge in [0.2, 0.25) is 5.95 Å². The van der Waals surface area contributed by atoms with E-state index in [1.807, 2.05) is 18.5 Å². The smallest absolute Gasteiger partial charge is 0.240 e. The van der Waals surface area contributed by atoms with Gasteiger partial charge < -0.3 is 9.64 Å². The number of nitrogens with two attached hydrogens (primary N) is 1. The van der Waals surface area contributed by atoms with Gasteiger partial charge in [0.05, 0.1) is 11.5 Å². The van der Waals surface area contributed by atoms with Gasteiger partial charge in [-0.3, -0.25) is 5.43 Å². The highest BCUT2D eigenvalue weighted by Gasteiger charge is 2.20. The molecule has 3 heterocycles. The van der Waals surface area contributed by atoms with Crippen LogP contribution in [0.4, 0.5) is 11.8 Å². The number of thiophene rings is 1. The maximum atomic E-state index is 5.67. The number of hydrogen-bond donors (Lipinski definition) is 2. The molecular weight excluding hydrogens is 262 g/mol. The Kier molecular flexibility index (Phi) is 3.50. The van der Waals surface area contributed by atoms with E-state index < -0.39 is 0 Å². The molecule has 7 heteroatoms. The number of ether oxygens (including phenoxy) is 1. The Morgan fingerprint density at radius 3 is 3.21 bits per heavy atom. The molecule has 0 aromatic carbocycles. The van der Waals surface area contributed by atoms with Crippen LogP contribution in [0.25, 0.3) is 10.2 Å². The quantitative estimate of drug-likeness (QED) is 0.654. The number of fused-ring (bicyclic) bond motifs is 1. The van der Waals surface area contributed by atoms with Crippen molar-refractivity contribution in [2.75, 3.05) is 30.5 Å². The monoisotopic (exact) mass is 279 g/mol. The average Bonchev–Trinajstić information content (AvgIpc) is 3.07. The summed E-state index contributed by atoms with van der Waals surface area (Å²) in [5.74, 6) is 6.77. The van der Waals surface area contributed by atoms with Gasteiger partial charge in [-0.15, -0.1) is 11.3 Å². The van der Waals surface area contributed by atoms with E-state index in [2.05, 4.69) is 20.3 Å². The Labute approximate surface area is 115 Å². The van der Waals surface area contributed by atoms with Crippen molar-refractivity contribution in [1.82, 2.24) is 9.97 Å². The lowest BCUT2D eigenvalue weighted by molar-refractivity contribution is 0.116. The van der Waals surface area contributed by atoms with Gasteiger partial charge >= 0.3 is 0 Å². The van der Waals surface area contributed by atoms with E-state index in [9.17, 15) is 0 Å². The van der Waals surface area contributed by atoms with E-state index in [0.29, 0.717) is 12.1 Å². The minimum atomic E-state index is 0.294. The molecule has 1 saturated heterocycles. The zero-order valence-corrected chi connectivity index (χ0v) is 11.6. The Hall–Kier alpha value is -1.44. The van der Waals surface area contributed by atoms with Crippen LogP contribution >= 0.6 is 11.3 Å². The fraction of sp³-hybridized carbons (Fsp3) is 0.500. The zero-order valence-electron chi connectivity index (χ0n) is 10.8. The number of hydrazine groups is 1. The van der Waals surface area contributed by atoms with Crippen LogP contribution in [0, 0.1) is 0 Å². The predicted molar refractivity (Wildman–Crippen MR) is 77.5 cm³/mol. The van der Waals surface area contributed by atoms with E-state index >= 15 is 0 Å². The molecule has 1 fully saturated rings. The molecule has 6 nitrogen and oxygen atoms in total. The first kappa shape index (κ1) is 12.6. The minimum Gasteiger partial charge on any atom is -0.376 e. The van der Waals surface area contributed by atoms with Gasteiger partial charge in [-0.05, 0) is 24.3 Å². The number of hydrogen-bond acceptors (Lipinski definition) is 7. The highest BCUT2D eigenvalue weighted by molar-refractivity contribution is 7.16. The average molecular weight is 279 g/mol. The summed E-state index contributed by atoms with van der Waals surface area (Å²) in [7, 11) is 2.03. The molecule has 0 aliphatic carbocycles. The first-order valence-electron chi connectivity index (χ1n) is 6.32. The molecule has 19 heavy (non-hydrogen) atoms. The summed E-state index contributed by atoms with van der Waals surface area (Å²) < 4.78 is 5.67. The Bertz CT molecular complexity index is 566. The van der Waals surface area contributed by atoms with Crippen molar-refractivity contribution in [3.05, 3.63) is 11.4 Å². The van der Waals surface area contributed by atoms with E-state index in [4.69, 9.17) is 10.6 Å². The van der Waals surface area contributed by atoms with Crippen molar-refractivity contribution in [3.8, 4) is 0 Å². The third-order valence-electron chi connectivity index (χ3n) is 3.30. The molecule has 1 aliphatic heterocycles. The minimum absolute atomic E-state index is 0.294. The van der Waals surface area contributed by atoms with E-state index in [1.165, 1.54) is 0 Å². The van der Waals surface area contributed by atoms with Gasteiger partial charge in [0, 0.05) is 20.2 Å². The molecule has 1 atom stereocenters. The summed E-state index contributed by atoms with van der Waals surface area (Å²) in [6.07, 6.45) is 2.55. The van der Waals surface area contributed by atoms with Gasteiger partial charge in [0.25, 0.3) is 0 Å². The van der Waals surface area contributed by atoms with Crippen molar-refractivity contribution < 1.29 is 4.74 Å². The summed E-state index contributed by atoms with van der Waals surface area (Å²) in [4.78, 5) is 11.9. The second-order valence-corrected chi connectivity index (χ2v) is 5.56. The standard InChI is InChI=1S/C12H17N5OS/c1-17(7-8-3-2-5-18-8)10-9-4-6-19-11(9)15-12(14-10)16-13/h4,6,8H,2-3,5,7,13H2,1H3,(H,14,15,16). The lowest BCUT2D eigenvalue weighted by Gasteiger charge is -2.22. The number of rotatable bonds is 4. The van der Waals surface area contributed by atoms with Gasteiger partial charge in [0.15, 0.2) is 0 Å². The zero-order chi connectivity index (χ0) is 13.2. The molecule has 0 radical (unpaired) electrons. The van der Waals surface area contributed by atoms with Crippen molar-refractivity contribution in [2.24, 2.45) is 5.84 Å². The number of nitrogens with one attached hydrogen (secondary N) is 1. The highest BCUT2D eigenvalue weighted by Crippen LogP contribution is 2.29. The van der Waals surface area contributed by atoms with Crippen LogP contribution < -0.4 is 16.2 Å². The maximum Gasteiger partial charge on any atom is 0.240 e. The summed E-state index contributed by atoms with van der Waals surface area (Å²) >= 11 is 1.59. The largest absolute Gasteiger partial charge is 0.376 e. The lowest BCUT2D eigenvalue weighted by Crippen LogP contribution is -2.29. The Morgan fingerprint density at radius 2 is 2.47 bits per heavy atom. The number of aromatic nitrogens is 2. The fourth-order valence-corrected chi connectivity index (χ4v) is 3.13. The van der Waals surface area contributed by atoms with Crippen LogP contribution in [0.2, 0.25) is 0 Å². The molecule has 2 aromatic rings. The SMILES string of the molecule is CN(CC1CCCO1)c1nc(NN)nc2sccc12. The van der Waals surface area contributed by atoms with Crippen LogP contribution in [0.3, 0.4) is 0 Å². The first-order valence-corrected chi connectivity index (χ1v) is 7.20. The van der Waals surface area contributed by atoms with Crippen molar-refractivity contribution in [1.29, 1.82) is 0 Å². The Balaban J connectivity index is 1.90. The van der Waals surface area contributed by atoms with Gasteiger partial charge in [-0.25, -0.2) is 10.8 Å². The van der Waals surface area contributed by atoms with Crippen molar-refractivity contribution in [3.63, 3.8) is 0 Å². The number of likely N-dealkylation sites (N-methyl/N-ethyl adjacent to an activating group) is 1. The van der Waals surface area contributed by atoms with Crippen LogP contribution in [-0.2, 0) is 4.74 Å². The first-order chi connectivity index (χ1) is 9.28. The molecule has 1 aliphatic rings. The van der Waals surface area contributed by atoms with E-state index in [1.54, 1.807) is 11.3 Å². The lowest BCUT2D eigenvalue weighted by atomic mass is 10.2. The van der Waals surface area contributed by atoms with Crippen LogP contribution in [0.15, 0.2) is 11.4 Å². The Morgan fingerprint density at radius 1 is 1.58 bits per heavy atom. The molecule has 0 saturated carbocycles. The van der Waals surface area contributed by atoms with Crippen molar-refractivity contribution in [2.45, 2.75) is 18.9 Å². The molecule has 102 valence electrons. The molecule has 3 rings (SSSR count). The van der Waals surface area contributed by atoms with Gasteiger partial charge in [-0.1, -0.05) is 0 Å². The molecule has 0 bridgehead atoms. The summed E-state index contributed by atoms with van der Waals surface area (Å²) in [6.45, 7) is 1.71. The third-order valence-corrected chi connectivity index (χ3v) is 4.10. The molecule has 2 aromatic heterocycles. The third kappa shape index (κ3) is 2.49. The predicted octanol–water partition coefficient (Wildman–Crippen LogP) is 1.59. The number of nitrogens with zero attached hydrogens (tertiary/aromatic N) is 3. The highest BCUT2D eigenvalue weighted by atomic mass is 32.1.